The molecule has 1 aliphatic heterocycles. The second-order valence-corrected chi connectivity index (χ2v) is 7.80. The fourth-order valence-electron chi connectivity index (χ4n) is 3.32. The maximum absolute atomic E-state index is 14.0. The van der Waals surface area contributed by atoms with E-state index in [-0.39, 0.29) is 5.41 Å². The van der Waals surface area contributed by atoms with Crippen LogP contribution in [0.25, 0.3) is 5.65 Å². The molecule has 0 spiro atoms. The molecule has 4 rings (SSSR count). The van der Waals surface area contributed by atoms with E-state index in [0.717, 1.165) is 17.7 Å². The Morgan fingerprint density at radius 2 is 1.59 bits per heavy atom. The second kappa shape index (κ2) is 6.44. The van der Waals surface area contributed by atoms with Crippen LogP contribution < -0.4 is 9.80 Å². The number of hydrogen-bond donors (Lipinski definition) is 0. The molecule has 142 valence electrons. The van der Waals surface area contributed by atoms with Gasteiger partial charge in [0.25, 0.3) is 0 Å². The van der Waals surface area contributed by atoms with Gasteiger partial charge in [0, 0.05) is 37.7 Å². The molecule has 1 saturated heterocycles. The van der Waals surface area contributed by atoms with Crippen LogP contribution in [-0.4, -0.2) is 46.0 Å². The summed E-state index contributed by atoms with van der Waals surface area (Å²) in [6.07, 6.45) is 0. The van der Waals surface area contributed by atoms with Crippen molar-refractivity contribution < 1.29 is 8.78 Å². The van der Waals surface area contributed by atoms with E-state index in [1.165, 1.54) is 12.1 Å². The van der Waals surface area contributed by atoms with Crippen LogP contribution in [0.5, 0.6) is 0 Å². The Kier molecular flexibility index (Phi) is 4.20. The monoisotopic (exact) mass is 372 g/mol. The maximum atomic E-state index is 14.0. The summed E-state index contributed by atoms with van der Waals surface area (Å²) >= 11 is 0. The summed E-state index contributed by atoms with van der Waals surface area (Å²) < 4.78 is 29.3. The van der Waals surface area contributed by atoms with E-state index in [9.17, 15) is 8.78 Å². The van der Waals surface area contributed by atoms with Crippen LogP contribution in [0.4, 0.5) is 20.3 Å². The Labute approximate surface area is 156 Å². The summed E-state index contributed by atoms with van der Waals surface area (Å²) in [6.45, 7) is 8.74. The third-order valence-electron chi connectivity index (χ3n) is 4.77. The Balaban J connectivity index is 1.55. The Bertz CT molecular complexity index is 970. The van der Waals surface area contributed by atoms with Crippen molar-refractivity contribution in [3.63, 3.8) is 0 Å². The number of fused-ring (bicyclic) bond motifs is 1. The van der Waals surface area contributed by atoms with Crippen molar-refractivity contribution >= 4 is 17.2 Å². The van der Waals surface area contributed by atoms with Gasteiger partial charge < -0.3 is 9.80 Å². The van der Waals surface area contributed by atoms with Gasteiger partial charge in [0.2, 0.25) is 0 Å². The summed E-state index contributed by atoms with van der Waals surface area (Å²) in [5, 5.41) is 13.2. The second-order valence-electron chi connectivity index (χ2n) is 7.80. The first kappa shape index (κ1) is 17.6. The number of rotatable bonds is 2. The highest BCUT2D eigenvalue weighted by Crippen LogP contribution is 2.25. The average Bonchev–Trinajstić information content (AvgIpc) is 3.07. The molecule has 3 aromatic rings. The Morgan fingerprint density at radius 1 is 0.889 bits per heavy atom. The minimum absolute atomic E-state index is 0.168. The van der Waals surface area contributed by atoms with E-state index in [4.69, 9.17) is 5.10 Å². The van der Waals surface area contributed by atoms with Gasteiger partial charge in [0.05, 0.1) is 5.69 Å². The molecule has 0 unspecified atom stereocenters. The zero-order valence-electron chi connectivity index (χ0n) is 15.7. The highest BCUT2D eigenvalue weighted by molar-refractivity contribution is 5.51. The summed E-state index contributed by atoms with van der Waals surface area (Å²) in [5.41, 5.74) is 0.856. The molecular weight excluding hydrogens is 350 g/mol. The van der Waals surface area contributed by atoms with Gasteiger partial charge in [-0.05, 0) is 24.3 Å². The number of aromatic nitrogens is 4. The van der Waals surface area contributed by atoms with E-state index in [1.54, 1.807) is 4.52 Å². The molecule has 0 aliphatic carbocycles. The SMILES string of the molecule is CC(C)(C)c1nnc2ccc(N3CCN(c4cc(F)ccc4F)CC3)nn12. The number of anilines is 2. The maximum Gasteiger partial charge on any atom is 0.178 e. The van der Waals surface area contributed by atoms with Gasteiger partial charge in [-0.2, -0.15) is 4.52 Å². The molecule has 0 atom stereocenters. The van der Waals surface area contributed by atoms with Crippen LogP contribution >= 0.6 is 0 Å². The topological polar surface area (TPSA) is 49.6 Å². The molecule has 0 bridgehead atoms. The first-order chi connectivity index (χ1) is 12.8. The molecule has 0 N–H and O–H groups in total. The highest BCUT2D eigenvalue weighted by Gasteiger charge is 2.24. The summed E-state index contributed by atoms with van der Waals surface area (Å²) in [4.78, 5) is 4.01. The lowest BCUT2D eigenvalue weighted by Gasteiger charge is -2.36. The fraction of sp³-hybridized carbons (Fsp3) is 0.421. The predicted molar refractivity (Wildman–Crippen MR) is 100 cm³/mol. The molecule has 1 aromatic carbocycles. The third-order valence-corrected chi connectivity index (χ3v) is 4.77. The van der Waals surface area contributed by atoms with E-state index >= 15 is 0 Å². The molecular formula is C19H22F2N6. The standard InChI is InChI=1S/C19H22F2N6/c1-19(2,3)18-23-22-16-6-7-17(24-27(16)18)26-10-8-25(9-11-26)15-12-13(20)4-5-14(15)21/h4-7,12H,8-11H2,1-3H3. The zero-order valence-corrected chi connectivity index (χ0v) is 15.7. The van der Waals surface area contributed by atoms with Gasteiger partial charge in [-0.3, -0.25) is 0 Å². The molecule has 8 heteroatoms. The van der Waals surface area contributed by atoms with E-state index in [2.05, 4.69) is 35.9 Å². The normalized spacial score (nSPS) is 15.6. The van der Waals surface area contributed by atoms with Gasteiger partial charge in [-0.15, -0.1) is 15.3 Å². The van der Waals surface area contributed by atoms with Crippen molar-refractivity contribution in [3.8, 4) is 0 Å². The predicted octanol–water partition coefficient (Wildman–Crippen LogP) is 3.03. The van der Waals surface area contributed by atoms with Crippen molar-refractivity contribution in [1.82, 2.24) is 19.8 Å². The first-order valence-electron chi connectivity index (χ1n) is 9.01. The van der Waals surface area contributed by atoms with Crippen molar-refractivity contribution in [1.29, 1.82) is 0 Å². The lowest BCUT2D eigenvalue weighted by atomic mass is 9.96. The number of benzene rings is 1. The number of halogens is 2. The third kappa shape index (κ3) is 3.31. The molecule has 0 amide bonds. The van der Waals surface area contributed by atoms with Crippen molar-refractivity contribution in [2.24, 2.45) is 0 Å². The number of nitrogens with zero attached hydrogens (tertiary/aromatic N) is 6. The Morgan fingerprint density at radius 3 is 2.30 bits per heavy atom. The lowest BCUT2D eigenvalue weighted by Crippen LogP contribution is -2.47. The minimum atomic E-state index is -0.428. The summed E-state index contributed by atoms with van der Waals surface area (Å²) in [5.74, 6) is 0.805. The van der Waals surface area contributed by atoms with E-state index in [0.29, 0.717) is 37.5 Å². The van der Waals surface area contributed by atoms with Crippen LogP contribution in [0.2, 0.25) is 0 Å². The van der Waals surface area contributed by atoms with Crippen LogP contribution in [-0.2, 0) is 5.41 Å². The van der Waals surface area contributed by atoms with Crippen LogP contribution in [0.3, 0.4) is 0 Å². The quantitative estimate of drug-likeness (QED) is 0.692. The van der Waals surface area contributed by atoms with Crippen LogP contribution in [0.15, 0.2) is 30.3 Å². The highest BCUT2D eigenvalue weighted by atomic mass is 19.1. The summed E-state index contributed by atoms with van der Waals surface area (Å²) in [6, 6.07) is 7.40. The molecule has 3 heterocycles. The smallest absolute Gasteiger partial charge is 0.178 e. The Hall–Kier alpha value is -2.77. The molecule has 0 radical (unpaired) electrons. The molecule has 1 fully saturated rings. The van der Waals surface area contributed by atoms with Crippen molar-refractivity contribution in [2.45, 2.75) is 26.2 Å². The van der Waals surface area contributed by atoms with Gasteiger partial charge in [0.15, 0.2) is 11.5 Å². The van der Waals surface area contributed by atoms with E-state index in [1.807, 2.05) is 17.0 Å². The molecule has 2 aromatic heterocycles. The van der Waals surface area contributed by atoms with E-state index < -0.39 is 11.6 Å². The zero-order chi connectivity index (χ0) is 19.2. The first-order valence-corrected chi connectivity index (χ1v) is 9.01. The van der Waals surface area contributed by atoms with Gasteiger partial charge in [-0.1, -0.05) is 20.8 Å². The molecule has 27 heavy (non-hydrogen) atoms. The van der Waals surface area contributed by atoms with Gasteiger partial charge >= 0.3 is 0 Å². The minimum Gasteiger partial charge on any atom is -0.366 e. The fourth-order valence-corrected chi connectivity index (χ4v) is 3.32. The largest absolute Gasteiger partial charge is 0.366 e. The van der Waals surface area contributed by atoms with Crippen LogP contribution in [0, 0.1) is 11.6 Å². The lowest BCUT2D eigenvalue weighted by molar-refractivity contribution is 0.525. The molecule has 6 nitrogen and oxygen atoms in total. The average molecular weight is 372 g/mol. The number of hydrogen-bond acceptors (Lipinski definition) is 5. The van der Waals surface area contributed by atoms with Crippen molar-refractivity contribution in [2.75, 3.05) is 36.0 Å². The summed E-state index contributed by atoms with van der Waals surface area (Å²) in [7, 11) is 0. The molecule has 0 saturated carbocycles. The van der Waals surface area contributed by atoms with Crippen LogP contribution in [0.1, 0.15) is 26.6 Å². The molecule has 1 aliphatic rings. The number of piperazine rings is 1. The van der Waals surface area contributed by atoms with Crippen molar-refractivity contribution in [3.05, 3.63) is 47.8 Å². The van der Waals surface area contributed by atoms with Gasteiger partial charge in [0.1, 0.15) is 17.5 Å². The van der Waals surface area contributed by atoms with Gasteiger partial charge in [-0.25, -0.2) is 8.78 Å².